The Balaban J connectivity index is 0.876. The van der Waals surface area contributed by atoms with Gasteiger partial charge in [0.15, 0.2) is 0 Å². The van der Waals surface area contributed by atoms with E-state index < -0.39 is 5.41 Å². The summed E-state index contributed by atoms with van der Waals surface area (Å²) in [5.74, 6) is 2.48. The molecule has 14 aromatic rings. The van der Waals surface area contributed by atoms with Crippen molar-refractivity contribution >= 4 is 65.4 Å². The number of para-hydroxylation sites is 6. The van der Waals surface area contributed by atoms with Crippen LogP contribution in [0.4, 0.5) is 0 Å². The number of pyridine rings is 3. The first-order valence-corrected chi connectivity index (χ1v) is 24.1. The summed E-state index contributed by atoms with van der Waals surface area (Å²) < 4.78 is 14.0. The first kappa shape index (κ1) is 38.4. The summed E-state index contributed by atoms with van der Waals surface area (Å²) in [5, 5.41) is 7.19. The van der Waals surface area contributed by atoms with Crippen molar-refractivity contribution in [1.29, 1.82) is 0 Å². The number of ether oxygens (including phenoxy) is 1. The van der Waals surface area contributed by atoms with Crippen LogP contribution in [0.15, 0.2) is 231 Å². The fourth-order valence-electron chi connectivity index (χ4n) is 12.4. The van der Waals surface area contributed by atoms with Gasteiger partial charge < -0.3 is 13.9 Å². The topological polar surface area (TPSA) is 62.7 Å². The molecule has 0 amide bonds. The third-order valence-electron chi connectivity index (χ3n) is 15.2. The molecule has 7 nitrogen and oxygen atoms in total. The Bertz CT molecular complexity index is 4490. The van der Waals surface area contributed by atoms with Crippen molar-refractivity contribution in [2.24, 2.45) is 0 Å². The van der Waals surface area contributed by atoms with Crippen molar-refractivity contribution in [3.05, 3.63) is 253 Å². The van der Waals surface area contributed by atoms with Crippen molar-refractivity contribution in [3.63, 3.8) is 0 Å². The molecule has 7 heterocycles. The van der Waals surface area contributed by atoms with Gasteiger partial charge in [0.05, 0.1) is 55.6 Å². The van der Waals surface area contributed by atoms with Gasteiger partial charge in [0.25, 0.3) is 0 Å². The quantitative estimate of drug-likeness (QED) is 0.176. The molecule has 1 aliphatic carbocycles. The number of fused-ring (bicyclic) bond motifs is 18. The van der Waals surface area contributed by atoms with Gasteiger partial charge in [-0.05, 0) is 83.9 Å². The van der Waals surface area contributed by atoms with E-state index in [2.05, 4.69) is 226 Å². The predicted molar refractivity (Wildman–Crippen MR) is 286 cm³/mol. The molecule has 330 valence electrons. The van der Waals surface area contributed by atoms with Crippen molar-refractivity contribution in [3.8, 4) is 51.2 Å². The Morgan fingerprint density at radius 1 is 0.324 bits per heavy atom. The standard InChI is InChI=1S/C64H38N6O/c1-7-21-53-43(14-1)44-15-2-8-22-54(44)68(53)41-28-29-50-60(36-41)71-59-26-12-6-19-49(59)64(50)51-20-13-32-66-62(51)63-52(64)35-40(38-67-63)39-27-30-58-48(34-39)47-18-5-11-25-57(47)70(58)61-37-42(31-33-65-61)69-55-23-9-3-16-45(55)46-17-4-10-24-56(46)69/h1-38H. The summed E-state index contributed by atoms with van der Waals surface area (Å²) in [6, 6.07) is 76.1. The first-order chi connectivity index (χ1) is 35.2. The van der Waals surface area contributed by atoms with Gasteiger partial charge in [0, 0.05) is 91.0 Å². The number of hydrogen-bond acceptors (Lipinski definition) is 4. The van der Waals surface area contributed by atoms with Crippen molar-refractivity contribution in [2.75, 3.05) is 0 Å². The summed E-state index contributed by atoms with van der Waals surface area (Å²) in [4.78, 5) is 15.5. The van der Waals surface area contributed by atoms with Crippen LogP contribution >= 0.6 is 0 Å². The van der Waals surface area contributed by atoms with Crippen LogP contribution < -0.4 is 4.74 Å². The SMILES string of the molecule is c1ccc2c(c1)Oc1cc(-n3c4ccccc4c4ccccc43)ccc1C21c2cccnc2-c2ncc(-c3ccc4c(c3)c3ccccc3n4-c3cc(-n4c5ccccc5c5ccccc54)ccn3)cc21. The molecule has 0 N–H and O–H groups in total. The highest BCUT2D eigenvalue weighted by atomic mass is 16.5. The highest BCUT2D eigenvalue weighted by Crippen LogP contribution is 2.62. The summed E-state index contributed by atoms with van der Waals surface area (Å²) in [6.45, 7) is 0. The minimum atomic E-state index is -0.751. The van der Waals surface area contributed by atoms with Crippen molar-refractivity contribution in [1.82, 2.24) is 28.7 Å². The maximum absolute atomic E-state index is 7.00. The molecule has 1 unspecified atom stereocenters. The summed E-state index contributed by atoms with van der Waals surface area (Å²) in [5.41, 5.74) is 16.3. The monoisotopic (exact) mass is 906 g/mol. The molecule has 0 saturated heterocycles. The number of hydrogen-bond donors (Lipinski definition) is 0. The molecule has 0 radical (unpaired) electrons. The minimum Gasteiger partial charge on any atom is -0.457 e. The fraction of sp³-hybridized carbons (Fsp3) is 0.0156. The normalized spacial score (nSPS) is 14.6. The Labute approximate surface area is 406 Å². The molecule has 71 heavy (non-hydrogen) atoms. The van der Waals surface area contributed by atoms with Gasteiger partial charge in [0.2, 0.25) is 0 Å². The van der Waals surface area contributed by atoms with Gasteiger partial charge in [0.1, 0.15) is 17.3 Å². The van der Waals surface area contributed by atoms with E-state index in [0.29, 0.717) is 0 Å². The molecule has 2 aliphatic rings. The second kappa shape index (κ2) is 14.2. The summed E-state index contributed by atoms with van der Waals surface area (Å²) in [7, 11) is 0. The van der Waals surface area contributed by atoms with Crippen LogP contribution in [0.5, 0.6) is 11.5 Å². The van der Waals surface area contributed by atoms with E-state index in [4.69, 9.17) is 19.7 Å². The lowest BCUT2D eigenvalue weighted by Gasteiger charge is -2.39. The molecule has 0 fully saturated rings. The van der Waals surface area contributed by atoms with Crippen LogP contribution in [0.2, 0.25) is 0 Å². The zero-order valence-corrected chi connectivity index (χ0v) is 38.0. The van der Waals surface area contributed by atoms with Crippen LogP contribution in [-0.2, 0) is 5.41 Å². The zero-order chi connectivity index (χ0) is 46.4. The fourth-order valence-corrected chi connectivity index (χ4v) is 12.4. The Kier molecular flexibility index (Phi) is 7.69. The van der Waals surface area contributed by atoms with E-state index in [1.165, 1.54) is 32.6 Å². The number of benzene rings is 8. The van der Waals surface area contributed by atoms with Crippen LogP contribution in [0, 0.1) is 0 Å². The summed E-state index contributed by atoms with van der Waals surface area (Å²) >= 11 is 0. The van der Waals surface area contributed by atoms with E-state index in [1.807, 2.05) is 18.6 Å². The second-order valence-corrected chi connectivity index (χ2v) is 18.7. The van der Waals surface area contributed by atoms with Gasteiger partial charge in [-0.25, -0.2) is 4.98 Å². The molecule has 0 saturated carbocycles. The lowest BCUT2D eigenvalue weighted by atomic mass is 9.66. The third-order valence-corrected chi connectivity index (χ3v) is 15.2. The van der Waals surface area contributed by atoms with Crippen molar-refractivity contribution in [2.45, 2.75) is 5.41 Å². The highest BCUT2D eigenvalue weighted by molar-refractivity contribution is 6.12. The maximum Gasteiger partial charge on any atom is 0.139 e. The Hall–Kier alpha value is -9.59. The van der Waals surface area contributed by atoms with E-state index in [1.54, 1.807) is 0 Å². The Morgan fingerprint density at radius 3 is 1.54 bits per heavy atom. The Morgan fingerprint density at radius 2 is 0.859 bits per heavy atom. The minimum absolute atomic E-state index is 0.751. The molecule has 0 bridgehead atoms. The second-order valence-electron chi connectivity index (χ2n) is 18.7. The summed E-state index contributed by atoms with van der Waals surface area (Å²) in [6.07, 6.45) is 5.83. The number of rotatable bonds is 4. The van der Waals surface area contributed by atoms with Crippen LogP contribution in [0.3, 0.4) is 0 Å². The molecule has 8 aromatic carbocycles. The van der Waals surface area contributed by atoms with Gasteiger partial charge >= 0.3 is 0 Å². The van der Waals surface area contributed by atoms with Crippen LogP contribution in [0.1, 0.15) is 22.3 Å². The molecular weight excluding hydrogens is 869 g/mol. The van der Waals surface area contributed by atoms with Gasteiger partial charge in [-0.3, -0.25) is 14.5 Å². The molecule has 16 rings (SSSR count). The third kappa shape index (κ3) is 5.13. The number of nitrogens with zero attached hydrogens (tertiary/aromatic N) is 6. The molecule has 1 spiro atoms. The lowest BCUT2D eigenvalue weighted by molar-refractivity contribution is 0.436. The molecule has 1 atom stereocenters. The average Bonchev–Trinajstić information content (AvgIpc) is 4.15. The average molecular weight is 907 g/mol. The largest absolute Gasteiger partial charge is 0.457 e. The number of aromatic nitrogens is 6. The molecule has 1 aliphatic heterocycles. The molecular formula is C64H38N6O. The predicted octanol–water partition coefficient (Wildman–Crippen LogP) is 15.3. The van der Waals surface area contributed by atoms with Crippen molar-refractivity contribution < 1.29 is 4.74 Å². The van der Waals surface area contributed by atoms with Crippen LogP contribution in [-0.4, -0.2) is 28.7 Å². The van der Waals surface area contributed by atoms with E-state index >= 15 is 0 Å². The van der Waals surface area contributed by atoms with Crippen LogP contribution in [0.25, 0.3) is 105 Å². The zero-order valence-electron chi connectivity index (χ0n) is 38.0. The van der Waals surface area contributed by atoms with E-state index in [0.717, 1.165) is 106 Å². The lowest BCUT2D eigenvalue weighted by Crippen LogP contribution is -2.32. The highest BCUT2D eigenvalue weighted by Gasteiger charge is 2.52. The van der Waals surface area contributed by atoms with Gasteiger partial charge in [-0.2, -0.15) is 0 Å². The van der Waals surface area contributed by atoms with Gasteiger partial charge in [-0.15, -0.1) is 0 Å². The molecule has 7 heteroatoms. The first-order valence-electron chi connectivity index (χ1n) is 24.1. The van der Waals surface area contributed by atoms with E-state index in [9.17, 15) is 0 Å². The van der Waals surface area contributed by atoms with Gasteiger partial charge in [-0.1, -0.05) is 127 Å². The molecule has 6 aromatic heterocycles. The maximum atomic E-state index is 7.00. The smallest absolute Gasteiger partial charge is 0.139 e. The van der Waals surface area contributed by atoms with E-state index in [-0.39, 0.29) is 0 Å².